The molecule has 2 fully saturated rings. The molecular formula is C22H24FN3O4S. The summed E-state index contributed by atoms with van der Waals surface area (Å²) >= 11 is 0. The number of anilines is 2. The molecule has 2 saturated heterocycles. The summed E-state index contributed by atoms with van der Waals surface area (Å²) in [5.41, 5.74) is 1.52. The van der Waals surface area contributed by atoms with E-state index in [2.05, 4.69) is 5.32 Å². The number of hydrogen-bond acceptors (Lipinski definition) is 4. The summed E-state index contributed by atoms with van der Waals surface area (Å²) in [4.78, 5) is 26.4. The maximum atomic E-state index is 13.9. The van der Waals surface area contributed by atoms with Crippen LogP contribution in [0.3, 0.4) is 0 Å². The highest BCUT2D eigenvalue weighted by Crippen LogP contribution is 2.26. The van der Waals surface area contributed by atoms with Gasteiger partial charge in [-0.2, -0.15) is 0 Å². The normalized spacial score (nSPS) is 20.7. The van der Waals surface area contributed by atoms with Crippen LogP contribution < -0.4 is 9.62 Å². The lowest BCUT2D eigenvalue weighted by Gasteiger charge is -2.28. The van der Waals surface area contributed by atoms with E-state index in [4.69, 9.17) is 0 Å². The molecule has 31 heavy (non-hydrogen) atoms. The summed E-state index contributed by atoms with van der Waals surface area (Å²) in [5, 5.41) is 2.79. The molecule has 0 saturated carbocycles. The lowest BCUT2D eigenvalue weighted by Crippen LogP contribution is -2.37. The lowest BCUT2D eigenvalue weighted by atomic mass is 10.1. The van der Waals surface area contributed by atoms with E-state index in [1.54, 1.807) is 42.5 Å². The van der Waals surface area contributed by atoms with E-state index in [0.29, 0.717) is 29.9 Å². The maximum Gasteiger partial charge on any atom is 0.235 e. The van der Waals surface area contributed by atoms with Gasteiger partial charge in [0.15, 0.2) is 0 Å². The van der Waals surface area contributed by atoms with Crippen molar-refractivity contribution in [3.8, 4) is 0 Å². The van der Waals surface area contributed by atoms with E-state index >= 15 is 0 Å². The molecule has 2 amide bonds. The minimum atomic E-state index is -3.29. The topological polar surface area (TPSA) is 86.8 Å². The minimum absolute atomic E-state index is 0.0738. The number of nitrogens with zero attached hydrogens (tertiary/aromatic N) is 2. The number of carbonyl (C=O) groups excluding carboxylic acids is 2. The van der Waals surface area contributed by atoms with Crippen molar-refractivity contribution in [1.82, 2.24) is 4.90 Å². The molecule has 164 valence electrons. The van der Waals surface area contributed by atoms with E-state index in [0.717, 1.165) is 6.42 Å². The van der Waals surface area contributed by atoms with E-state index in [1.807, 2.05) is 0 Å². The molecule has 2 aromatic carbocycles. The number of likely N-dealkylation sites (tertiary alicyclic amines) is 1. The van der Waals surface area contributed by atoms with Gasteiger partial charge in [-0.15, -0.1) is 0 Å². The molecule has 0 radical (unpaired) electrons. The Hall–Kier alpha value is -2.94. The summed E-state index contributed by atoms with van der Waals surface area (Å²) in [5.74, 6) is -1.23. The highest BCUT2D eigenvalue weighted by molar-refractivity contribution is 7.92. The van der Waals surface area contributed by atoms with Crippen LogP contribution in [-0.4, -0.2) is 44.0 Å². The molecule has 0 unspecified atom stereocenters. The van der Waals surface area contributed by atoms with Crippen molar-refractivity contribution in [2.24, 2.45) is 5.92 Å². The molecule has 9 heteroatoms. The number of benzene rings is 2. The third-order valence-electron chi connectivity index (χ3n) is 5.68. The second kappa shape index (κ2) is 8.66. The zero-order chi connectivity index (χ0) is 22.0. The van der Waals surface area contributed by atoms with Crippen LogP contribution in [0.4, 0.5) is 15.8 Å². The van der Waals surface area contributed by atoms with Crippen LogP contribution in [0.25, 0.3) is 0 Å². The fourth-order valence-corrected chi connectivity index (χ4v) is 5.61. The standard InChI is InChI=1S/C22H24FN3O4S/c23-20-6-2-1-5-16(20)14-25-15-17(13-21(25)27)22(28)24-18-7-9-19(10-8-18)26-11-3-4-12-31(26,29)30/h1-2,5-10,17H,3-4,11-15H2,(H,24,28)/t17-/m0/s1. The first kappa shape index (κ1) is 21.3. The summed E-state index contributed by atoms with van der Waals surface area (Å²) in [7, 11) is -3.29. The van der Waals surface area contributed by atoms with Gasteiger partial charge >= 0.3 is 0 Å². The summed E-state index contributed by atoms with van der Waals surface area (Å²) < 4.78 is 39.7. The molecule has 2 aliphatic heterocycles. The Kier molecular flexibility index (Phi) is 5.95. The van der Waals surface area contributed by atoms with Gasteiger partial charge in [-0.3, -0.25) is 13.9 Å². The Bertz CT molecular complexity index is 1090. The molecule has 4 rings (SSSR count). The molecule has 0 spiro atoms. The summed E-state index contributed by atoms with van der Waals surface area (Å²) in [6.45, 7) is 0.813. The third-order valence-corrected chi connectivity index (χ3v) is 7.55. The molecular weight excluding hydrogens is 421 g/mol. The second-order valence-electron chi connectivity index (χ2n) is 7.90. The van der Waals surface area contributed by atoms with Gasteiger partial charge in [-0.1, -0.05) is 18.2 Å². The second-order valence-corrected chi connectivity index (χ2v) is 9.91. The average molecular weight is 446 g/mol. The van der Waals surface area contributed by atoms with Crippen molar-refractivity contribution < 1.29 is 22.4 Å². The van der Waals surface area contributed by atoms with Crippen LogP contribution in [0.1, 0.15) is 24.8 Å². The number of sulfonamides is 1. The predicted octanol–water partition coefficient (Wildman–Crippen LogP) is 2.74. The van der Waals surface area contributed by atoms with Gasteiger partial charge in [0.2, 0.25) is 21.8 Å². The van der Waals surface area contributed by atoms with E-state index in [9.17, 15) is 22.4 Å². The Morgan fingerprint density at radius 1 is 1.10 bits per heavy atom. The van der Waals surface area contributed by atoms with Crippen molar-refractivity contribution in [2.45, 2.75) is 25.8 Å². The fraction of sp³-hybridized carbons (Fsp3) is 0.364. The van der Waals surface area contributed by atoms with Crippen molar-refractivity contribution >= 4 is 33.2 Å². The predicted molar refractivity (Wildman–Crippen MR) is 115 cm³/mol. The van der Waals surface area contributed by atoms with Gasteiger partial charge in [0.1, 0.15) is 5.82 Å². The van der Waals surface area contributed by atoms with Gasteiger partial charge in [0.25, 0.3) is 0 Å². The highest BCUT2D eigenvalue weighted by Gasteiger charge is 2.34. The van der Waals surface area contributed by atoms with Gasteiger partial charge < -0.3 is 10.2 Å². The van der Waals surface area contributed by atoms with E-state index < -0.39 is 15.9 Å². The Morgan fingerprint density at radius 2 is 1.84 bits per heavy atom. The summed E-state index contributed by atoms with van der Waals surface area (Å²) in [6.07, 6.45) is 1.56. The molecule has 0 bridgehead atoms. The van der Waals surface area contributed by atoms with Crippen LogP contribution in [0.2, 0.25) is 0 Å². The monoisotopic (exact) mass is 445 g/mol. The fourth-order valence-electron chi connectivity index (χ4n) is 3.97. The zero-order valence-corrected chi connectivity index (χ0v) is 17.8. The largest absolute Gasteiger partial charge is 0.337 e. The first-order chi connectivity index (χ1) is 14.8. The zero-order valence-electron chi connectivity index (χ0n) is 17.0. The maximum absolute atomic E-state index is 13.9. The number of rotatable bonds is 5. The van der Waals surface area contributed by atoms with Crippen LogP contribution in [-0.2, 0) is 26.2 Å². The number of hydrogen-bond donors (Lipinski definition) is 1. The smallest absolute Gasteiger partial charge is 0.235 e. The molecule has 0 aliphatic carbocycles. The third kappa shape index (κ3) is 4.71. The molecule has 1 atom stereocenters. The summed E-state index contributed by atoms with van der Waals surface area (Å²) in [6, 6.07) is 12.9. The molecule has 2 aromatic rings. The van der Waals surface area contributed by atoms with Crippen molar-refractivity contribution in [2.75, 3.05) is 28.5 Å². The van der Waals surface area contributed by atoms with Crippen LogP contribution >= 0.6 is 0 Å². The highest BCUT2D eigenvalue weighted by atomic mass is 32.2. The lowest BCUT2D eigenvalue weighted by molar-refractivity contribution is -0.128. The molecule has 7 nitrogen and oxygen atoms in total. The Labute approximate surface area is 180 Å². The first-order valence-electron chi connectivity index (χ1n) is 10.3. The van der Waals surface area contributed by atoms with Crippen LogP contribution in [0, 0.1) is 11.7 Å². The van der Waals surface area contributed by atoms with Crippen molar-refractivity contribution in [3.63, 3.8) is 0 Å². The average Bonchev–Trinajstić information content (AvgIpc) is 3.11. The molecule has 2 heterocycles. The van der Waals surface area contributed by atoms with E-state index in [1.165, 1.54) is 15.3 Å². The number of halogens is 1. The first-order valence-corrected chi connectivity index (χ1v) is 11.9. The number of carbonyl (C=O) groups is 2. The minimum Gasteiger partial charge on any atom is -0.337 e. The molecule has 1 N–H and O–H groups in total. The number of amides is 2. The van der Waals surface area contributed by atoms with Crippen LogP contribution in [0.5, 0.6) is 0 Å². The van der Waals surface area contributed by atoms with Gasteiger partial charge in [-0.25, -0.2) is 12.8 Å². The van der Waals surface area contributed by atoms with E-state index in [-0.39, 0.29) is 42.9 Å². The van der Waals surface area contributed by atoms with Gasteiger partial charge in [0, 0.05) is 37.3 Å². The van der Waals surface area contributed by atoms with Crippen LogP contribution in [0.15, 0.2) is 48.5 Å². The molecule has 0 aromatic heterocycles. The van der Waals surface area contributed by atoms with Gasteiger partial charge in [0.05, 0.1) is 17.4 Å². The Morgan fingerprint density at radius 3 is 2.55 bits per heavy atom. The van der Waals surface area contributed by atoms with Crippen molar-refractivity contribution in [1.29, 1.82) is 0 Å². The number of nitrogens with one attached hydrogen (secondary N) is 1. The Balaban J connectivity index is 1.37. The SMILES string of the molecule is O=C(Nc1ccc(N2CCCCS2(=O)=O)cc1)[C@H]1CC(=O)N(Cc2ccccc2F)C1. The molecule has 2 aliphatic rings. The quantitative estimate of drug-likeness (QED) is 0.767. The van der Waals surface area contributed by atoms with Gasteiger partial charge in [-0.05, 0) is 43.2 Å². The van der Waals surface area contributed by atoms with Crippen molar-refractivity contribution in [3.05, 3.63) is 59.9 Å².